The van der Waals surface area contributed by atoms with Crippen LogP contribution in [0.3, 0.4) is 0 Å². The van der Waals surface area contributed by atoms with E-state index in [-0.39, 0.29) is 47.8 Å². The normalized spacial score (nSPS) is 23.5. The standard InChI is InChI=1S/C36H67N6O10P/c1-14-15-30(38)40-33(49-13)31(25(11)37)39-18-26-24(10)36(26,46)32(43)29(48-12)19-50-53(47,41-27(16-20(2)3)34(44)51-22(6)7)42-28(17-21(4)5)35(45)52-23(8)9/h15,18,20-24,26-29,32,43,46H,14,16-17,19,37-38H2,1-13H3,(H2,41,42,47)/b30-15+,31-25-,39-18?,40-33-/t24?,26?,27-,28?,29?,32?,36?,53?/m0/s1. The summed E-state index contributed by atoms with van der Waals surface area (Å²) in [5.74, 6) is -2.23. The summed E-state index contributed by atoms with van der Waals surface area (Å²) >= 11 is 0. The molecule has 0 aromatic rings. The number of allylic oxidation sites excluding steroid dienone is 2. The van der Waals surface area contributed by atoms with Gasteiger partial charge in [0.25, 0.3) is 0 Å². The van der Waals surface area contributed by atoms with Gasteiger partial charge in [0, 0.05) is 24.9 Å². The van der Waals surface area contributed by atoms with Gasteiger partial charge >= 0.3 is 19.6 Å². The zero-order valence-electron chi connectivity index (χ0n) is 33.9. The predicted octanol–water partition coefficient (Wildman–Crippen LogP) is 3.91. The number of nitrogens with zero attached hydrogens (tertiary/aromatic N) is 2. The topological polar surface area (TPSA) is 239 Å². The van der Waals surface area contributed by atoms with Crippen LogP contribution in [0.2, 0.25) is 0 Å². The molecule has 0 bridgehead atoms. The minimum absolute atomic E-state index is 0.0226. The average molecular weight is 775 g/mol. The molecule has 1 aliphatic rings. The van der Waals surface area contributed by atoms with Gasteiger partial charge in [-0.2, -0.15) is 4.99 Å². The van der Waals surface area contributed by atoms with Crippen LogP contribution in [0.4, 0.5) is 0 Å². The third-order valence-electron chi connectivity index (χ3n) is 8.36. The lowest BCUT2D eigenvalue weighted by atomic mass is 10.0. The molecule has 17 heteroatoms. The summed E-state index contributed by atoms with van der Waals surface area (Å²) < 4.78 is 42.6. The number of nitrogens with one attached hydrogen (secondary N) is 2. The second-order valence-electron chi connectivity index (χ2n) is 14.8. The second-order valence-corrected chi connectivity index (χ2v) is 16.7. The van der Waals surface area contributed by atoms with Crippen LogP contribution in [0.5, 0.6) is 0 Å². The first-order chi connectivity index (χ1) is 24.6. The van der Waals surface area contributed by atoms with E-state index in [4.69, 9.17) is 34.9 Å². The fourth-order valence-corrected chi connectivity index (χ4v) is 7.45. The fraction of sp³-hybridized carbons (Fsp3) is 0.778. The van der Waals surface area contributed by atoms with Crippen molar-refractivity contribution >= 4 is 31.7 Å². The summed E-state index contributed by atoms with van der Waals surface area (Å²) in [6, 6.07) is -2.17. The lowest BCUT2D eigenvalue weighted by Crippen LogP contribution is -2.48. The lowest BCUT2D eigenvalue weighted by Gasteiger charge is -2.32. The Kier molecular flexibility index (Phi) is 19.9. The molecular formula is C36H67N6O10P. The minimum Gasteiger partial charge on any atom is -0.479 e. The quantitative estimate of drug-likeness (QED) is 0.0374. The highest BCUT2D eigenvalue weighted by Gasteiger charge is 2.66. The van der Waals surface area contributed by atoms with Gasteiger partial charge in [0.1, 0.15) is 41.4 Å². The van der Waals surface area contributed by atoms with E-state index in [1.807, 2.05) is 34.6 Å². The van der Waals surface area contributed by atoms with Gasteiger partial charge in [-0.05, 0) is 77.7 Å². The van der Waals surface area contributed by atoms with Gasteiger partial charge in [-0.1, -0.05) is 41.5 Å². The van der Waals surface area contributed by atoms with Crippen molar-refractivity contribution in [1.82, 2.24) is 10.2 Å². The number of aliphatic hydroxyl groups excluding tert-OH is 1. The number of hydrogen-bond acceptors (Lipinski definition) is 14. The number of methoxy groups -OCH3 is 2. The molecule has 1 saturated carbocycles. The summed E-state index contributed by atoms with van der Waals surface area (Å²) in [7, 11) is -1.63. The van der Waals surface area contributed by atoms with Crippen LogP contribution < -0.4 is 21.6 Å². The van der Waals surface area contributed by atoms with Crippen LogP contribution in [0, 0.1) is 23.7 Å². The highest BCUT2D eigenvalue weighted by atomic mass is 31.2. The Morgan fingerprint density at radius 1 is 0.943 bits per heavy atom. The number of ether oxygens (including phenoxy) is 4. The number of nitrogens with two attached hydrogens (primary N) is 2. The smallest absolute Gasteiger partial charge is 0.342 e. The van der Waals surface area contributed by atoms with Gasteiger partial charge in [0.2, 0.25) is 5.90 Å². The van der Waals surface area contributed by atoms with E-state index in [2.05, 4.69) is 20.2 Å². The number of aliphatic imine (C=N–C) groups is 2. The van der Waals surface area contributed by atoms with Crippen molar-refractivity contribution in [2.75, 3.05) is 20.8 Å². The molecule has 0 saturated heterocycles. The Balaban J connectivity index is 3.48. The van der Waals surface area contributed by atoms with Crippen molar-refractivity contribution < 1.29 is 47.8 Å². The van der Waals surface area contributed by atoms with E-state index in [0.717, 1.165) is 0 Å². The first kappa shape index (κ1) is 48.2. The van der Waals surface area contributed by atoms with Gasteiger partial charge in [-0.15, -0.1) is 0 Å². The SMILES string of the molecule is CC/C=C(N)/N=C(OC)/C(N=CC1C(C)C1(O)C(O)C(COP(=O)(NC(CC(C)C)C(=O)OC(C)C)N[C@@H](CC(C)C)C(=O)OC(C)C)OC)=C(\C)N. The molecule has 0 aromatic carbocycles. The lowest BCUT2D eigenvalue weighted by molar-refractivity contribution is -0.150. The number of esters is 2. The largest absolute Gasteiger partial charge is 0.479 e. The molecule has 1 fully saturated rings. The molecule has 1 rings (SSSR count). The third kappa shape index (κ3) is 15.1. The Labute approximate surface area is 316 Å². The monoisotopic (exact) mass is 774 g/mol. The molecule has 8 atom stereocenters. The highest BCUT2D eigenvalue weighted by Crippen LogP contribution is 2.53. The molecular weight excluding hydrogens is 707 g/mol. The summed E-state index contributed by atoms with van der Waals surface area (Å²) in [6.45, 7) is 19.1. The maximum atomic E-state index is 14.7. The number of aliphatic hydroxyl groups is 2. The van der Waals surface area contributed by atoms with Gasteiger partial charge in [0.15, 0.2) is 0 Å². The molecule has 0 aromatic heterocycles. The van der Waals surface area contributed by atoms with Crippen molar-refractivity contribution in [2.45, 2.75) is 138 Å². The van der Waals surface area contributed by atoms with E-state index < -0.39 is 80.2 Å². The van der Waals surface area contributed by atoms with Gasteiger partial charge in [0.05, 0.1) is 25.9 Å². The molecule has 1 aliphatic carbocycles. The van der Waals surface area contributed by atoms with Crippen LogP contribution in [-0.2, 0) is 37.6 Å². The third-order valence-corrected chi connectivity index (χ3v) is 10.2. The van der Waals surface area contributed by atoms with E-state index in [0.29, 0.717) is 6.42 Å². The van der Waals surface area contributed by atoms with Crippen molar-refractivity contribution in [3.05, 3.63) is 23.3 Å². The van der Waals surface area contributed by atoms with Crippen LogP contribution in [0.15, 0.2) is 33.3 Å². The Morgan fingerprint density at radius 2 is 1.43 bits per heavy atom. The number of carbonyl (C=O) groups is 2. The second kappa shape index (κ2) is 21.9. The summed E-state index contributed by atoms with van der Waals surface area (Å²) in [5, 5.41) is 28.8. The minimum atomic E-state index is -4.34. The Bertz CT molecular complexity index is 1320. The van der Waals surface area contributed by atoms with Crippen molar-refractivity contribution in [3.63, 3.8) is 0 Å². The molecule has 8 N–H and O–H groups in total. The zero-order chi connectivity index (χ0) is 40.8. The molecule has 16 nitrogen and oxygen atoms in total. The van der Waals surface area contributed by atoms with Crippen LogP contribution in [0.1, 0.15) is 95.4 Å². The highest BCUT2D eigenvalue weighted by molar-refractivity contribution is 7.54. The Hall–Kier alpha value is -2.85. The average Bonchev–Trinajstić information content (AvgIpc) is 3.57. The van der Waals surface area contributed by atoms with Gasteiger partial charge in [-0.3, -0.25) is 19.1 Å². The number of rotatable bonds is 23. The van der Waals surface area contributed by atoms with E-state index in [1.165, 1.54) is 20.4 Å². The van der Waals surface area contributed by atoms with E-state index in [9.17, 15) is 24.4 Å². The van der Waals surface area contributed by atoms with Crippen LogP contribution in [-0.4, -0.2) is 97.2 Å². The molecule has 0 radical (unpaired) electrons. The van der Waals surface area contributed by atoms with E-state index >= 15 is 0 Å². The maximum absolute atomic E-state index is 14.7. The summed E-state index contributed by atoms with van der Waals surface area (Å²) in [4.78, 5) is 35.1. The Morgan fingerprint density at radius 3 is 1.81 bits per heavy atom. The molecule has 0 heterocycles. The molecule has 0 spiro atoms. The molecule has 0 aliphatic heterocycles. The predicted molar refractivity (Wildman–Crippen MR) is 206 cm³/mol. The first-order valence-electron chi connectivity index (χ1n) is 18.3. The molecule has 53 heavy (non-hydrogen) atoms. The first-order valence-corrected chi connectivity index (χ1v) is 19.9. The molecule has 7 unspecified atom stereocenters. The number of hydrogen-bond donors (Lipinski definition) is 6. The maximum Gasteiger partial charge on any atom is 0.342 e. The van der Waals surface area contributed by atoms with E-state index in [1.54, 1.807) is 47.6 Å². The zero-order valence-corrected chi connectivity index (χ0v) is 34.8. The summed E-state index contributed by atoms with van der Waals surface area (Å²) in [5.41, 5.74) is 10.8. The molecule has 0 amide bonds. The van der Waals surface area contributed by atoms with Gasteiger partial charge < -0.3 is 45.2 Å². The van der Waals surface area contributed by atoms with Crippen molar-refractivity contribution in [1.29, 1.82) is 0 Å². The summed E-state index contributed by atoms with van der Waals surface area (Å²) in [6.07, 6.45) is 0.581. The van der Waals surface area contributed by atoms with Gasteiger partial charge in [-0.25, -0.2) is 10.2 Å². The van der Waals surface area contributed by atoms with Crippen molar-refractivity contribution in [2.24, 2.45) is 45.1 Å². The molecule has 306 valence electrons. The number of carbonyl (C=O) groups excluding carboxylic acids is 2. The van der Waals surface area contributed by atoms with Crippen LogP contribution >= 0.6 is 7.67 Å². The fourth-order valence-electron chi connectivity index (χ4n) is 5.63. The van der Waals surface area contributed by atoms with Crippen molar-refractivity contribution in [3.8, 4) is 0 Å². The van der Waals surface area contributed by atoms with Crippen LogP contribution in [0.25, 0.3) is 0 Å².